The number of hydrogen-bond donors (Lipinski definition) is 0. The van der Waals surface area contributed by atoms with E-state index in [0.717, 1.165) is 11.4 Å². The molecule has 6 heteroatoms. The normalized spacial score (nSPS) is 12.4. The number of para-hydroxylation sites is 4. The fraction of sp³-hybridized carbons (Fsp3) is 0. The Balaban J connectivity index is 0.868. The molecular formula is C84H53N2S3Si-. The Morgan fingerprint density at radius 1 is 0.211 bits per heavy atom. The molecule has 14 aromatic carbocycles. The van der Waals surface area contributed by atoms with Gasteiger partial charge in [0.25, 0.3) is 0 Å². The van der Waals surface area contributed by atoms with Gasteiger partial charge in [0.1, 0.15) is 0 Å². The zero-order chi connectivity index (χ0) is 59.0. The zero-order valence-electron chi connectivity index (χ0n) is 48.7. The van der Waals surface area contributed by atoms with Crippen LogP contribution >= 0.6 is 34.0 Å². The average Bonchev–Trinajstić information content (AvgIpc) is 3.33. The van der Waals surface area contributed by atoms with E-state index in [9.17, 15) is 0 Å². The maximum absolute atomic E-state index is 3.57. The van der Waals surface area contributed by atoms with Crippen LogP contribution in [0.4, 0.5) is 0 Å². The zero-order valence-corrected chi connectivity index (χ0v) is 52.3. The molecule has 0 aliphatic carbocycles. The van der Waals surface area contributed by atoms with Crippen LogP contribution < -0.4 is 20.7 Å². The van der Waals surface area contributed by atoms with Crippen molar-refractivity contribution in [2.24, 2.45) is 0 Å². The number of fused-ring (bicyclic) bond motifs is 15. The second-order valence-electron chi connectivity index (χ2n) is 24.1. The van der Waals surface area contributed by atoms with Crippen molar-refractivity contribution in [1.29, 1.82) is 0 Å². The van der Waals surface area contributed by atoms with Gasteiger partial charge in [-0.3, -0.25) is 0 Å². The van der Waals surface area contributed by atoms with E-state index in [1.54, 1.807) is 0 Å². The second-order valence-corrected chi connectivity index (χ2v) is 31.7. The molecule has 19 aromatic rings. The molecule has 0 bridgehead atoms. The molecule has 0 unspecified atom stereocenters. The van der Waals surface area contributed by atoms with Crippen LogP contribution in [0.15, 0.2) is 315 Å². The molecule has 422 valence electrons. The van der Waals surface area contributed by atoms with E-state index < -0.39 is 8.07 Å². The summed E-state index contributed by atoms with van der Waals surface area (Å²) in [7, 11) is -3.57. The SMILES string of the molecule is c1ccc([SiH-](c2ccccc2)(c2cccc(-c3cccc4c3sc3ccccc34)c2)c2cccc(-c3cc(-c4cc(-n5c6ccccc6c6ccccc65)cc5c4sc4ccc(-n6c7ccccc7c7ccccc76)cc45)cc4c3sc3ccccc34)c2)cc1. The van der Waals surface area contributed by atoms with Crippen molar-refractivity contribution in [3.8, 4) is 44.8 Å². The fourth-order valence-electron chi connectivity index (χ4n) is 15.5. The van der Waals surface area contributed by atoms with Crippen LogP contribution in [0.25, 0.3) is 149 Å². The average molecular weight is 1210 g/mol. The third kappa shape index (κ3) is 7.73. The number of rotatable bonds is 9. The second kappa shape index (κ2) is 20.3. The number of benzene rings is 14. The summed E-state index contributed by atoms with van der Waals surface area (Å²) in [5, 5.41) is 18.2. The van der Waals surface area contributed by atoms with E-state index in [1.165, 1.54) is 158 Å². The first kappa shape index (κ1) is 51.6. The summed E-state index contributed by atoms with van der Waals surface area (Å²) < 4.78 is 12.7. The molecule has 0 aliphatic heterocycles. The van der Waals surface area contributed by atoms with Gasteiger partial charge < -0.3 is 4.57 Å². The summed E-state index contributed by atoms with van der Waals surface area (Å²) in [6.45, 7) is 0. The predicted octanol–water partition coefficient (Wildman–Crippen LogP) is 21.1. The third-order valence-electron chi connectivity index (χ3n) is 19.4. The molecular weight excluding hydrogens is 1160 g/mol. The Hall–Kier alpha value is -10.4. The minimum absolute atomic E-state index is 1.14. The van der Waals surface area contributed by atoms with Crippen LogP contribution in [0.1, 0.15) is 0 Å². The monoisotopic (exact) mass is 1210 g/mol. The predicted molar refractivity (Wildman–Crippen MR) is 395 cm³/mol. The van der Waals surface area contributed by atoms with Crippen LogP contribution in [0.5, 0.6) is 0 Å². The van der Waals surface area contributed by atoms with Crippen LogP contribution in [0.3, 0.4) is 0 Å². The Morgan fingerprint density at radius 2 is 0.600 bits per heavy atom. The molecule has 0 atom stereocenters. The minimum atomic E-state index is -3.57. The maximum atomic E-state index is 2.59. The van der Waals surface area contributed by atoms with E-state index in [-0.39, 0.29) is 0 Å². The van der Waals surface area contributed by atoms with E-state index in [0.29, 0.717) is 0 Å². The number of thiophene rings is 3. The van der Waals surface area contributed by atoms with Crippen LogP contribution in [0, 0.1) is 0 Å². The van der Waals surface area contributed by atoms with Gasteiger partial charge in [-0.15, -0.1) is 0 Å². The molecule has 5 aromatic heterocycles. The molecule has 0 saturated carbocycles. The van der Waals surface area contributed by atoms with Crippen molar-refractivity contribution in [3.63, 3.8) is 0 Å². The van der Waals surface area contributed by atoms with Crippen molar-refractivity contribution in [2.45, 2.75) is 0 Å². The first-order chi connectivity index (χ1) is 44.6. The standard InChI is InChI=1S/C84H53N2S3Si/c1-3-24-58(25-4-1)90(59-26-5-2-6-27-59,60-28-19-22-53(46-60)62-36-21-37-69-67-34-11-17-42-79(67)87-82(62)69)61-29-20-23-54(47-61)70-48-55(49-73-68-35-12-18-43-80(68)88-83(70)73)71-51-57(86-77-40-15-9-32-65(77)66-33-10-16-41-78(66)86)52-74-72-50-56(44-45-81(72)89-84(71)74)85-75-38-13-7-30-63(75)64-31-8-14-39-76(64)85/h1-52,90H/q-1. The summed E-state index contributed by atoms with van der Waals surface area (Å²) in [6.07, 6.45) is 0. The topological polar surface area (TPSA) is 9.86 Å². The van der Waals surface area contributed by atoms with Crippen LogP contribution in [-0.2, 0) is 0 Å². The van der Waals surface area contributed by atoms with Gasteiger partial charge in [-0.25, -0.2) is 0 Å². The summed E-state index contributed by atoms with van der Waals surface area (Å²) in [5.41, 5.74) is 14.5. The summed E-state index contributed by atoms with van der Waals surface area (Å²) in [5.74, 6) is 0. The van der Waals surface area contributed by atoms with E-state index in [2.05, 4.69) is 325 Å². The molecule has 0 radical (unpaired) electrons. The van der Waals surface area contributed by atoms with Crippen LogP contribution in [-0.4, -0.2) is 17.2 Å². The van der Waals surface area contributed by atoms with Crippen molar-refractivity contribution >= 4 is 167 Å². The van der Waals surface area contributed by atoms with E-state index in [1.807, 2.05) is 34.0 Å². The molecule has 0 saturated heterocycles. The van der Waals surface area contributed by atoms with Gasteiger partial charge in [-0.05, 0) is 12.1 Å². The van der Waals surface area contributed by atoms with Gasteiger partial charge >= 0.3 is 425 Å². The molecule has 0 fully saturated rings. The molecule has 0 N–H and O–H groups in total. The molecule has 19 rings (SSSR count). The molecule has 0 aliphatic rings. The summed E-state index contributed by atoms with van der Waals surface area (Å²) in [6, 6.07) is 120. The summed E-state index contributed by atoms with van der Waals surface area (Å²) in [4.78, 5) is 0. The van der Waals surface area contributed by atoms with Crippen molar-refractivity contribution in [3.05, 3.63) is 315 Å². The van der Waals surface area contributed by atoms with E-state index in [4.69, 9.17) is 0 Å². The van der Waals surface area contributed by atoms with Gasteiger partial charge in [0, 0.05) is 10.8 Å². The Bertz CT molecular complexity index is 5970. The number of hydrogen-bond acceptors (Lipinski definition) is 3. The van der Waals surface area contributed by atoms with Crippen molar-refractivity contribution in [2.75, 3.05) is 0 Å². The Labute approximate surface area is 532 Å². The first-order valence-corrected chi connectivity index (χ1v) is 35.7. The fourth-order valence-corrected chi connectivity index (χ4v) is 24.7. The van der Waals surface area contributed by atoms with Gasteiger partial charge in [0.05, 0.1) is 11.0 Å². The van der Waals surface area contributed by atoms with Gasteiger partial charge in [0.15, 0.2) is 0 Å². The van der Waals surface area contributed by atoms with Gasteiger partial charge in [-0.1, -0.05) is 72.8 Å². The summed E-state index contributed by atoms with van der Waals surface area (Å²) >= 11 is 5.73. The van der Waals surface area contributed by atoms with Gasteiger partial charge in [-0.2, -0.15) is 0 Å². The molecule has 2 nitrogen and oxygen atoms in total. The Kier molecular flexibility index (Phi) is 11.6. The van der Waals surface area contributed by atoms with Crippen molar-refractivity contribution < 1.29 is 0 Å². The van der Waals surface area contributed by atoms with Crippen LogP contribution in [0.2, 0.25) is 0 Å². The first-order valence-electron chi connectivity index (χ1n) is 30.9. The number of aromatic nitrogens is 2. The quantitative estimate of drug-likeness (QED) is 0.101. The van der Waals surface area contributed by atoms with Crippen molar-refractivity contribution in [1.82, 2.24) is 9.13 Å². The Morgan fingerprint density at radius 3 is 1.16 bits per heavy atom. The number of nitrogens with zero attached hydrogens (tertiary/aromatic N) is 2. The molecule has 0 amide bonds. The van der Waals surface area contributed by atoms with E-state index >= 15 is 0 Å². The molecule has 5 heterocycles. The van der Waals surface area contributed by atoms with Gasteiger partial charge in [0.2, 0.25) is 0 Å². The molecule has 0 spiro atoms. The third-order valence-corrected chi connectivity index (χ3v) is 28.6. The molecule has 90 heavy (non-hydrogen) atoms.